The van der Waals surface area contributed by atoms with Crippen LogP contribution in [0, 0.1) is 12.7 Å². The van der Waals surface area contributed by atoms with Crippen LogP contribution in [0.5, 0.6) is 0 Å². The Kier molecular flexibility index (Phi) is 4.23. The quantitative estimate of drug-likeness (QED) is 0.884. The largest absolute Gasteiger partial charge is 0.382 e. The van der Waals surface area contributed by atoms with Crippen LogP contribution in [0.1, 0.15) is 32.3 Å². The average molecular weight is 250 g/mol. The van der Waals surface area contributed by atoms with Crippen molar-refractivity contribution in [1.29, 1.82) is 0 Å². The Bertz CT molecular complexity index is 395. The number of hydrogen-bond donors (Lipinski definition) is 1. The first kappa shape index (κ1) is 13.3. The van der Waals surface area contributed by atoms with Gasteiger partial charge in [0.05, 0.1) is 0 Å². The summed E-state index contributed by atoms with van der Waals surface area (Å²) in [5, 5.41) is 3.52. The molecule has 100 valence electrons. The molecule has 0 bridgehead atoms. The van der Waals surface area contributed by atoms with Crippen LogP contribution in [0.25, 0.3) is 0 Å². The molecule has 0 aromatic heterocycles. The molecule has 0 amide bonds. The molecule has 2 nitrogen and oxygen atoms in total. The number of likely N-dealkylation sites (tertiary alicyclic amines) is 1. The van der Waals surface area contributed by atoms with Crippen LogP contribution < -0.4 is 5.32 Å². The van der Waals surface area contributed by atoms with Crippen molar-refractivity contribution in [3.63, 3.8) is 0 Å². The fourth-order valence-electron chi connectivity index (χ4n) is 2.53. The lowest BCUT2D eigenvalue weighted by atomic mass is 10.0. The maximum absolute atomic E-state index is 13.2. The van der Waals surface area contributed by atoms with Crippen molar-refractivity contribution in [1.82, 2.24) is 4.90 Å². The number of nitrogens with zero attached hydrogens (tertiary/aromatic N) is 1. The smallest absolute Gasteiger partial charge is 0.126 e. The summed E-state index contributed by atoms with van der Waals surface area (Å²) in [6, 6.07) is 6.42. The fraction of sp³-hybridized carbons (Fsp3) is 0.600. The van der Waals surface area contributed by atoms with Crippen molar-refractivity contribution in [2.45, 2.75) is 45.7 Å². The Morgan fingerprint density at radius 3 is 2.50 bits per heavy atom. The fourth-order valence-corrected chi connectivity index (χ4v) is 2.53. The van der Waals surface area contributed by atoms with Crippen LogP contribution in [0.3, 0.4) is 0 Å². The van der Waals surface area contributed by atoms with Gasteiger partial charge in [-0.1, -0.05) is 0 Å². The number of aryl methyl sites for hydroxylation is 1. The molecule has 1 N–H and O–H groups in total. The topological polar surface area (TPSA) is 15.3 Å². The summed E-state index contributed by atoms with van der Waals surface area (Å²) >= 11 is 0. The molecule has 0 spiro atoms. The van der Waals surface area contributed by atoms with Gasteiger partial charge in [-0.05, 0) is 57.4 Å². The predicted molar refractivity (Wildman–Crippen MR) is 74.5 cm³/mol. The van der Waals surface area contributed by atoms with Crippen molar-refractivity contribution >= 4 is 5.69 Å². The third kappa shape index (κ3) is 3.22. The van der Waals surface area contributed by atoms with Gasteiger partial charge in [-0.25, -0.2) is 4.39 Å². The molecule has 18 heavy (non-hydrogen) atoms. The van der Waals surface area contributed by atoms with Gasteiger partial charge in [-0.15, -0.1) is 0 Å². The van der Waals surface area contributed by atoms with Crippen LogP contribution in [0.4, 0.5) is 10.1 Å². The Labute approximate surface area is 109 Å². The van der Waals surface area contributed by atoms with E-state index in [1.54, 1.807) is 6.07 Å². The third-order valence-electron chi connectivity index (χ3n) is 3.79. The maximum atomic E-state index is 13.2. The normalized spacial score (nSPS) is 18.3. The van der Waals surface area contributed by atoms with Crippen LogP contribution >= 0.6 is 0 Å². The van der Waals surface area contributed by atoms with Crippen molar-refractivity contribution in [3.05, 3.63) is 29.6 Å². The van der Waals surface area contributed by atoms with Gasteiger partial charge in [-0.3, -0.25) is 0 Å². The van der Waals surface area contributed by atoms with Gasteiger partial charge in [0.2, 0.25) is 0 Å². The number of nitrogens with one attached hydrogen (secondary N) is 1. The van der Waals surface area contributed by atoms with E-state index >= 15 is 0 Å². The van der Waals surface area contributed by atoms with E-state index in [9.17, 15) is 4.39 Å². The maximum Gasteiger partial charge on any atom is 0.126 e. The third-order valence-corrected chi connectivity index (χ3v) is 3.79. The van der Waals surface area contributed by atoms with Crippen molar-refractivity contribution in [2.24, 2.45) is 0 Å². The van der Waals surface area contributed by atoms with Gasteiger partial charge in [0.1, 0.15) is 5.82 Å². The van der Waals surface area contributed by atoms with Gasteiger partial charge < -0.3 is 10.2 Å². The summed E-state index contributed by atoms with van der Waals surface area (Å²) in [6.07, 6.45) is 2.32. The molecule has 1 aromatic carbocycles. The van der Waals surface area contributed by atoms with Gasteiger partial charge in [0.25, 0.3) is 0 Å². The minimum Gasteiger partial charge on any atom is -0.382 e. The Balaban J connectivity index is 1.89. The highest BCUT2D eigenvalue weighted by molar-refractivity contribution is 5.46. The molecule has 1 aromatic rings. The molecule has 1 aliphatic rings. The molecule has 2 rings (SSSR count). The number of anilines is 1. The van der Waals surface area contributed by atoms with Crippen LogP contribution in [0.15, 0.2) is 18.2 Å². The Morgan fingerprint density at radius 2 is 1.94 bits per heavy atom. The van der Waals surface area contributed by atoms with E-state index in [0.29, 0.717) is 17.6 Å². The van der Waals surface area contributed by atoms with E-state index in [1.807, 2.05) is 19.1 Å². The van der Waals surface area contributed by atoms with Gasteiger partial charge in [0.15, 0.2) is 0 Å². The van der Waals surface area contributed by atoms with Crippen molar-refractivity contribution in [3.8, 4) is 0 Å². The molecule has 0 radical (unpaired) electrons. The van der Waals surface area contributed by atoms with Crippen LogP contribution in [-0.4, -0.2) is 30.1 Å². The highest BCUT2D eigenvalue weighted by Gasteiger charge is 2.20. The molecule has 0 saturated carbocycles. The lowest BCUT2D eigenvalue weighted by Gasteiger charge is -2.35. The summed E-state index contributed by atoms with van der Waals surface area (Å²) in [5.74, 6) is -0.129. The first-order chi connectivity index (χ1) is 8.56. The van der Waals surface area contributed by atoms with E-state index in [-0.39, 0.29) is 5.82 Å². The van der Waals surface area contributed by atoms with E-state index in [0.717, 1.165) is 31.6 Å². The number of hydrogen-bond acceptors (Lipinski definition) is 2. The standard InChI is InChI=1S/C15H23FN2/c1-11(2)18-8-6-13(7-9-18)17-14-4-5-15(16)12(3)10-14/h4-5,10-11,13,17H,6-9H2,1-3H3. The zero-order valence-corrected chi connectivity index (χ0v) is 11.5. The number of benzene rings is 1. The second-order valence-corrected chi connectivity index (χ2v) is 5.51. The van der Waals surface area contributed by atoms with Crippen molar-refractivity contribution < 1.29 is 4.39 Å². The summed E-state index contributed by atoms with van der Waals surface area (Å²) < 4.78 is 13.2. The summed E-state index contributed by atoms with van der Waals surface area (Å²) in [4.78, 5) is 2.51. The molecule has 3 heteroatoms. The minimum atomic E-state index is -0.129. The molecule has 0 unspecified atom stereocenters. The summed E-state index contributed by atoms with van der Waals surface area (Å²) in [6.45, 7) is 8.60. The lowest BCUT2D eigenvalue weighted by molar-refractivity contribution is 0.177. The second kappa shape index (κ2) is 5.70. The highest BCUT2D eigenvalue weighted by Crippen LogP contribution is 2.19. The zero-order valence-electron chi connectivity index (χ0n) is 11.5. The van der Waals surface area contributed by atoms with Crippen molar-refractivity contribution in [2.75, 3.05) is 18.4 Å². The molecule has 1 heterocycles. The molecule has 1 saturated heterocycles. The van der Waals surface area contributed by atoms with E-state index in [4.69, 9.17) is 0 Å². The number of rotatable bonds is 3. The van der Waals surface area contributed by atoms with Gasteiger partial charge in [0, 0.05) is 30.9 Å². The molecule has 1 fully saturated rings. The summed E-state index contributed by atoms with van der Waals surface area (Å²) in [5.41, 5.74) is 1.75. The molecule has 0 aliphatic carbocycles. The Morgan fingerprint density at radius 1 is 1.28 bits per heavy atom. The molecular formula is C15H23FN2. The SMILES string of the molecule is Cc1cc(NC2CCN(C(C)C)CC2)ccc1F. The van der Waals surface area contributed by atoms with Gasteiger partial charge >= 0.3 is 0 Å². The van der Waals surface area contributed by atoms with E-state index in [2.05, 4.69) is 24.1 Å². The van der Waals surface area contributed by atoms with E-state index in [1.165, 1.54) is 0 Å². The predicted octanol–water partition coefficient (Wildman–Crippen LogP) is 3.42. The van der Waals surface area contributed by atoms with Crippen LogP contribution in [-0.2, 0) is 0 Å². The second-order valence-electron chi connectivity index (χ2n) is 5.51. The first-order valence-electron chi connectivity index (χ1n) is 6.83. The number of piperidine rings is 1. The van der Waals surface area contributed by atoms with E-state index < -0.39 is 0 Å². The number of halogens is 1. The average Bonchev–Trinajstić information content (AvgIpc) is 2.34. The molecule has 0 atom stereocenters. The minimum absolute atomic E-state index is 0.129. The molecule has 1 aliphatic heterocycles. The summed E-state index contributed by atoms with van der Waals surface area (Å²) in [7, 11) is 0. The zero-order chi connectivity index (χ0) is 13.1. The first-order valence-corrected chi connectivity index (χ1v) is 6.83. The Hall–Kier alpha value is -1.09. The monoisotopic (exact) mass is 250 g/mol. The lowest BCUT2D eigenvalue weighted by Crippen LogP contribution is -2.42. The highest BCUT2D eigenvalue weighted by atomic mass is 19.1. The van der Waals surface area contributed by atoms with Gasteiger partial charge in [-0.2, -0.15) is 0 Å². The molecular weight excluding hydrogens is 227 g/mol. The van der Waals surface area contributed by atoms with Crippen LogP contribution in [0.2, 0.25) is 0 Å².